The van der Waals surface area contributed by atoms with Crippen LogP contribution in [0.2, 0.25) is 0 Å². The van der Waals surface area contributed by atoms with Gasteiger partial charge >= 0.3 is 0 Å². The topological polar surface area (TPSA) is 105 Å². The SMILES string of the molecule is COc1cccc(-c2noc(CN3N=CN4NC5CCCCC5C4C3=O)n2)c1OC. The van der Waals surface area contributed by atoms with Crippen LogP contribution < -0.4 is 14.9 Å². The van der Waals surface area contributed by atoms with Gasteiger partial charge in [-0.3, -0.25) is 9.80 Å². The molecule has 158 valence electrons. The molecule has 3 atom stereocenters. The first-order valence-corrected chi connectivity index (χ1v) is 10.1. The van der Waals surface area contributed by atoms with Crippen LogP contribution >= 0.6 is 0 Å². The average Bonchev–Trinajstić information content (AvgIpc) is 3.39. The number of hydrazine groups is 1. The molecule has 1 N–H and O–H groups in total. The molecule has 1 saturated heterocycles. The Morgan fingerprint density at radius 2 is 2.10 bits per heavy atom. The minimum absolute atomic E-state index is 0.0434. The molecule has 1 amide bonds. The summed E-state index contributed by atoms with van der Waals surface area (Å²) in [7, 11) is 3.13. The molecule has 2 fully saturated rings. The van der Waals surface area contributed by atoms with E-state index in [1.165, 1.54) is 11.4 Å². The summed E-state index contributed by atoms with van der Waals surface area (Å²) in [5.74, 6) is 2.03. The number of rotatable bonds is 5. The summed E-state index contributed by atoms with van der Waals surface area (Å²) in [6.45, 7) is 0.121. The van der Waals surface area contributed by atoms with Crippen LogP contribution in [0.15, 0.2) is 27.8 Å². The van der Waals surface area contributed by atoms with E-state index in [4.69, 9.17) is 14.0 Å². The van der Waals surface area contributed by atoms with Gasteiger partial charge in [-0.2, -0.15) is 10.1 Å². The van der Waals surface area contributed by atoms with Crippen LogP contribution in [-0.2, 0) is 11.3 Å². The number of amides is 1. The van der Waals surface area contributed by atoms with Gasteiger partial charge in [-0.05, 0) is 25.0 Å². The van der Waals surface area contributed by atoms with Crippen molar-refractivity contribution in [2.45, 2.75) is 44.3 Å². The quantitative estimate of drug-likeness (QED) is 0.792. The Balaban J connectivity index is 1.35. The van der Waals surface area contributed by atoms with Crippen LogP contribution in [0.25, 0.3) is 11.4 Å². The molecule has 5 rings (SSSR count). The molecule has 1 saturated carbocycles. The van der Waals surface area contributed by atoms with Crippen molar-refractivity contribution in [3.63, 3.8) is 0 Å². The van der Waals surface area contributed by atoms with Crippen LogP contribution in [0, 0.1) is 5.92 Å². The minimum atomic E-state index is -0.228. The smallest absolute Gasteiger partial charge is 0.267 e. The summed E-state index contributed by atoms with van der Waals surface area (Å²) in [4.78, 5) is 17.6. The monoisotopic (exact) mass is 412 g/mol. The van der Waals surface area contributed by atoms with Crippen molar-refractivity contribution in [2.75, 3.05) is 14.2 Å². The number of hydrazone groups is 1. The van der Waals surface area contributed by atoms with Gasteiger partial charge in [0, 0.05) is 12.0 Å². The van der Waals surface area contributed by atoms with Crippen LogP contribution in [0.1, 0.15) is 31.6 Å². The van der Waals surface area contributed by atoms with Crippen LogP contribution in [0.4, 0.5) is 0 Å². The van der Waals surface area contributed by atoms with Gasteiger partial charge in [0.15, 0.2) is 11.5 Å². The summed E-state index contributed by atoms with van der Waals surface area (Å²) in [5, 5.41) is 11.6. The molecule has 30 heavy (non-hydrogen) atoms. The number of hydrogen-bond acceptors (Lipinski definition) is 9. The number of para-hydroxylation sites is 1. The zero-order valence-corrected chi connectivity index (χ0v) is 16.9. The van der Waals surface area contributed by atoms with Crippen LogP contribution in [0.3, 0.4) is 0 Å². The van der Waals surface area contributed by atoms with Crippen molar-refractivity contribution >= 4 is 12.2 Å². The minimum Gasteiger partial charge on any atom is -0.493 e. The molecular formula is C20H24N6O4. The molecule has 0 spiro atoms. The number of benzene rings is 1. The molecule has 2 aromatic rings. The Kier molecular flexibility index (Phi) is 4.78. The fourth-order valence-corrected chi connectivity index (χ4v) is 4.65. The van der Waals surface area contributed by atoms with Gasteiger partial charge in [-0.15, -0.1) is 0 Å². The largest absolute Gasteiger partial charge is 0.493 e. The lowest BCUT2D eigenvalue weighted by atomic mass is 9.81. The van der Waals surface area contributed by atoms with E-state index in [1.807, 2.05) is 17.1 Å². The number of carbonyl (C=O) groups excluding carboxylic acids is 1. The summed E-state index contributed by atoms with van der Waals surface area (Å²) < 4.78 is 16.2. The molecule has 0 radical (unpaired) electrons. The molecule has 1 aromatic heterocycles. The third kappa shape index (κ3) is 3.07. The lowest BCUT2D eigenvalue weighted by Crippen LogP contribution is -2.51. The zero-order valence-electron chi connectivity index (χ0n) is 16.9. The van der Waals surface area contributed by atoms with Gasteiger partial charge in [0.05, 0.1) is 19.8 Å². The maximum Gasteiger partial charge on any atom is 0.267 e. The van der Waals surface area contributed by atoms with E-state index >= 15 is 0 Å². The molecule has 3 unspecified atom stereocenters. The van der Waals surface area contributed by atoms with Crippen molar-refractivity contribution < 1.29 is 18.8 Å². The summed E-state index contributed by atoms with van der Waals surface area (Å²) in [5.41, 5.74) is 4.07. The predicted octanol–water partition coefficient (Wildman–Crippen LogP) is 1.79. The number of hydrogen-bond donors (Lipinski definition) is 1. The molecule has 3 heterocycles. The zero-order chi connectivity index (χ0) is 20.7. The number of carbonyl (C=O) groups is 1. The van der Waals surface area contributed by atoms with Crippen molar-refractivity contribution in [1.29, 1.82) is 0 Å². The molecule has 0 bridgehead atoms. The van der Waals surface area contributed by atoms with E-state index < -0.39 is 0 Å². The van der Waals surface area contributed by atoms with Crippen molar-refractivity contribution in [3.05, 3.63) is 24.1 Å². The molecule has 2 aliphatic heterocycles. The molecule has 1 aromatic carbocycles. The first-order valence-electron chi connectivity index (χ1n) is 10.1. The Morgan fingerprint density at radius 3 is 2.93 bits per heavy atom. The van der Waals surface area contributed by atoms with E-state index in [-0.39, 0.29) is 18.5 Å². The summed E-state index contributed by atoms with van der Waals surface area (Å²) >= 11 is 0. The third-order valence-electron chi connectivity index (χ3n) is 6.06. The molecular weight excluding hydrogens is 388 g/mol. The summed E-state index contributed by atoms with van der Waals surface area (Å²) in [6, 6.07) is 5.56. The highest BCUT2D eigenvalue weighted by Gasteiger charge is 2.48. The standard InChI is InChI=1S/C20H24N6O4/c1-28-15-9-5-7-13(18(15)29-2)19-22-16(30-24-19)10-25-20(27)17-12-6-3-4-8-14(12)23-26(17)11-21-25/h5,7,9,11-12,14,17,23H,3-4,6,8,10H2,1-2H3. The number of aromatic nitrogens is 2. The van der Waals surface area contributed by atoms with Gasteiger partial charge < -0.3 is 14.0 Å². The number of nitrogens with one attached hydrogen (secondary N) is 1. The highest BCUT2D eigenvalue weighted by atomic mass is 16.5. The predicted molar refractivity (Wildman–Crippen MR) is 106 cm³/mol. The second kappa shape index (κ2) is 7.60. The van der Waals surface area contributed by atoms with E-state index in [1.54, 1.807) is 26.6 Å². The first-order chi connectivity index (χ1) is 14.7. The van der Waals surface area contributed by atoms with Gasteiger partial charge in [-0.1, -0.05) is 24.1 Å². The van der Waals surface area contributed by atoms with Crippen molar-refractivity contribution in [2.24, 2.45) is 11.0 Å². The summed E-state index contributed by atoms with van der Waals surface area (Å²) in [6.07, 6.45) is 6.18. The Labute approximate surface area is 173 Å². The number of ether oxygens (including phenoxy) is 2. The van der Waals surface area contributed by atoms with Gasteiger partial charge in [0.1, 0.15) is 18.9 Å². The Bertz CT molecular complexity index is 976. The fourth-order valence-electron chi connectivity index (χ4n) is 4.65. The average molecular weight is 412 g/mol. The fraction of sp³-hybridized carbons (Fsp3) is 0.500. The molecule has 3 aliphatic rings. The van der Waals surface area contributed by atoms with Crippen molar-refractivity contribution in [3.8, 4) is 22.9 Å². The Hall–Kier alpha value is -3.14. The maximum atomic E-state index is 13.1. The molecule has 10 nitrogen and oxygen atoms in total. The van der Waals surface area contributed by atoms with Gasteiger partial charge in [0.25, 0.3) is 5.91 Å². The van der Waals surface area contributed by atoms with E-state index in [9.17, 15) is 4.79 Å². The normalized spacial score (nSPS) is 25.3. The second-order valence-electron chi connectivity index (χ2n) is 7.72. The van der Waals surface area contributed by atoms with Crippen LogP contribution in [0.5, 0.6) is 11.5 Å². The molecule has 10 heteroatoms. The Morgan fingerprint density at radius 1 is 1.23 bits per heavy atom. The first kappa shape index (κ1) is 18.9. The number of fused-ring (bicyclic) bond motifs is 3. The van der Waals surface area contributed by atoms with Crippen LogP contribution in [-0.4, -0.2) is 58.7 Å². The number of nitrogens with zero attached hydrogens (tertiary/aromatic N) is 5. The maximum absolute atomic E-state index is 13.1. The van der Waals surface area contributed by atoms with Gasteiger partial charge in [0.2, 0.25) is 11.7 Å². The van der Waals surface area contributed by atoms with E-state index in [2.05, 4.69) is 20.7 Å². The molecule has 1 aliphatic carbocycles. The van der Waals surface area contributed by atoms with Crippen molar-refractivity contribution in [1.82, 2.24) is 25.6 Å². The third-order valence-corrected chi connectivity index (χ3v) is 6.06. The van der Waals surface area contributed by atoms with E-state index in [0.717, 1.165) is 19.3 Å². The lowest BCUT2D eigenvalue weighted by Gasteiger charge is -2.32. The van der Waals surface area contributed by atoms with E-state index in [0.29, 0.717) is 40.7 Å². The lowest BCUT2D eigenvalue weighted by molar-refractivity contribution is -0.139. The number of methoxy groups -OCH3 is 2. The van der Waals surface area contributed by atoms with Gasteiger partial charge in [-0.25, -0.2) is 10.4 Å². The highest BCUT2D eigenvalue weighted by Crippen LogP contribution is 2.37. The highest BCUT2D eigenvalue weighted by molar-refractivity contribution is 5.87. The second-order valence-corrected chi connectivity index (χ2v) is 7.72.